The summed E-state index contributed by atoms with van der Waals surface area (Å²) in [6, 6.07) is 0. The predicted molar refractivity (Wildman–Crippen MR) is 44.2 cm³/mol. The highest BCUT2D eigenvalue weighted by Crippen LogP contribution is 2.09. The fraction of sp³-hybridized carbons (Fsp3) is 0.857. The molecule has 0 N–H and O–H groups in total. The van der Waals surface area contributed by atoms with Crippen LogP contribution in [0.2, 0.25) is 0 Å². The molecule has 0 radical (unpaired) electrons. The predicted octanol–water partition coefficient (Wildman–Crippen LogP) is 1.55. The van der Waals surface area contributed by atoms with Crippen molar-refractivity contribution in [2.24, 2.45) is 5.92 Å². The van der Waals surface area contributed by atoms with E-state index in [0.717, 1.165) is 5.75 Å². The molecule has 2 nitrogen and oxygen atoms in total. The van der Waals surface area contributed by atoms with Crippen molar-refractivity contribution in [3.8, 4) is 0 Å². The second-order valence-electron chi connectivity index (χ2n) is 2.31. The van der Waals surface area contributed by atoms with Crippen molar-refractivity contribution in [3.05, 3.63) is 0 Å². The molecular weight excluding hydrogens is 148 g/mol. The first-order chi connectivity index (χ1) is 4.68. The molecule has 60 valence electrons. The van der Waals surface area contributed by atoms with Gasteiger partial charge in [0.1, 0.15) is 0 Å². The molecule has 3 heteroatoms. The van der Waals surface area contributed by atoms with Gasteiger partial charge in [0.2, 0.25) is 0 Å². The number of methoxy groups -OCH3 is 1. The minimum absolute atomic E-state index is 0.141. The van der Waals surface area contributed by atoms with E-state index in [2.05, 4.69) is 0 Å². The maximum absolute atomic E-state index is 10.9. The lowest BCUT2D eigenvalue weighted by atomic mass is 10.3. The summed E-state index contributed by atoms with van der Waals surface area (Å²) in [6.45, 7) is 4.47. The van der Waals surface area contributed by atoms with Gasteiger partial charge in [0.25, 0.3) is 0 Å². The molecule has 0 aromatic heterocycles. The summed E-state index contributed by atoms with van der Waals surface area (Å²) >= 11 is 1.35. The van der Waals surface area contributed by atoms with E-state index < -0.39 is 0 Å². The molecule has 0 aliphatic rings. The van der Waals surface area contributed by atoms with Crippen LogP contribution in [0.1, 0.15) is 13.8 Å². The Kier molecular flexibility index (Phi) is 5.73. The molecule has 0 rings (SSSR count). The van der Waals surface area contributed by atoms with E-state index in [9.17, 15) is 4.79 Å². The fourth-order valence-electron chi connectivity index (χ4n) is 0.392. The summed E-state index contributed by atoms with van der Waals surface area (Å²) in [7, 11) is 1.64. The van der Waals surface area contributed by atoms with Crippen LogP contribution in [-0.2, 0) is 9.53 Å². The van der Waals surface area contributed by atoms with Gasteiger partial charge in [-0.1, -0.05) is 25.6 Å². The molecule has 0 heterocycles. The molecule has 0 aromatic rings. The van der Waals surface area contributed by atoms with E-state index >= 15 is 0 Å². The van der Waals surface area contributed by atoms with Crippen LogP contribution in [0, 0.1) is 5.92 Å². The molecule has 0 aliphatic heterocycles. The Bertz CT molecular complexity index is 102. The highest BCUT2D eigenvalue weighted by Gasteiger charge is 2.05. The summed E-state index contributed by atoms with van der Waals surface area (Å²) < 4.78 is 4.80. The monoisotopic (exact) mass is 162 g/mol. The van der Waals surface area contributed by atoms with E-state index in [1.54, 1.807) is 7.11 Å². The summed E-state index contributed by atoms with van der Waals surface area (Å²) in [6.07, 6.45) is 0. The molecule has 0 aromatic carbocycles. The number of ether oxygens (including phenoxy) is 1. The summed E-state index contributed by atoms with van der Waals surface area (Å²) in [5.74, 6) is 0.912. The molecule has 0 aliphatic carbocycles. The van der Waals surface area contributed by atoms with E-state index in [1.165, 1.54) is 11.8 Å². The molecule has 0 spiro atoms. The number of rotatable bonds is 4. The number of carbonyl (C=O) groups is 1. The highest BCUT2D eigenvalue weighted by atomic mass is 32.2. The Morgan fingerprint density at radius 2 is 2.20 bits per heavy atom. The van der Waals surface area contributed by atoms with Gasteiger partial charge >= 0.3 is 0 Å². The Hall–Kier alpha value is -0.0200. The number of thioether (sulfide) groups is 1. The van der Waals surface area contributed by atoms with Crippen LogP contribution in [0.25, 0.3) is 0 Å². The van der Waals surface area contributed by atoms with Crippen molar-refractivity contribution in [2.45, 2.75) is 13.8 Å². The average molecular weight is 162 g/mol. The maximum atomic E-state index is 10.9. The minimum Gasteiger partial charge on any atom is -0.384 e. The van der Waals surface area contributed by atoms with E-state index in [1.807, 2.05) is 13.8 Å². The SMILES string of the molecule is COCCSC(=O)C(C)C. The lowest BCUT2D eigenvalue weighted by molar-refractivity contribution is -0.113. The van der Waals surface area contributed by atoms with E-state index in [-0.39, 0.29) is 11.0 Å². The quantitative estimate of drug-likeness (QED) is 0.587. The Labute approximate surface area is 66.3 Å². The van der Waals surface area contributed by atoms with Crippen molar-refractivity contribution in [1.29, 1.82) is 0 Å². The zero-order valence-corrected chi connectivity index (χ0v) is 7.53. The molecule has 10 heavy (non-hydrogen) atoms. The summed E-state index contributed by atoms with van der Waals surface area (Å²) in [5, 5.41) is 0.247. The number of carbonyl (C=O) groups excluding carboxylic acids is 1. The van der Waals surface area contributed by atoms with Gasteiger partial charge in [-0.25, -0.2) is 0 Å². The van der Waals surface area contributed by atoms with Crippen LogP contribution < -0.4 is 0 Å². The lowest BCUT2D eigenvalue weighted by Crippen LogP contribution is -2.04. The first kappa shape index (κ1) is 9.98. The van der Waals surface area contributed by atoms with E-state index in [0.29, 0.717) is 6.61 Å². The standard InChI is InChI=1S/C7H14O2S/c1-6(2)7(8)10-5-4-9-3/h6H,4-5H2,1-3H3. The molecule has 0 atom stereocenters. The number of hydrogen-bond donors (Lipinski definition) is 0. The van der Waals surface area contributed by atoms with E-state index in [4.69, 9.17) is 4.74 Å². The Morgan fingerprint density at radius 3 is 2.60 bits per heavy atom. The second kappa shape index (κ2) is 5.74. The van der Waals surface area contributed by atoms with Gasteiger partial charge < -0.3 is 4.74 Å². The van der Waals surface area contributed by atoms with Gasteiger partial charge in [-0.3, -0.25) is 4.79 Å². The highest BCUT2D eigenvalue weighted by molar-refractivity contribution is 8.13. The maximum Gasteiger partial charge on any atom is 0.191 e. The van der Waals surface area contributed by atoms with Crippen molar-refractivity contribution < 1.29 is 9.53 Å². The molecular formula is C7H14O2S. The van der Waals surface area contributed by atoms with Gasteiger partial charge in [-0.2, -0.15) is 0 Å². The van der Waals surface area contributed by atoms with Crippen LogP contribution in [0.5, 0.6) is 0 Å². The first-order valence-corrected chi connectivity index (χ1v) is 4.32. The van der Waals surface area contributed by atoms with Gasteiger partial charge in [0.05, 0.1) is 6.61 Å². The van der Waals surface area contributed by atoms with Gasteiger partial charge in [0, 0.05) is 18.8 Å². The summed E-state index contributed by atoms with van der Waals surface area (Å²) in [5.41, 5.74) is 0. The zero-order chi connectivity index (χ0) is 7.98. The molecule has 0 bridgehead atoms. The third-order valence-corrected chi connectivity index (χ3v) is 2.13. The first-order valence-electron chi connectivity index (χ1n) is 3.34. The molecule has 0 amide bonds. The van der Waals surface area contributed by atoms with Gasteiger partial charge in [0.15, 0.2) is 5.12 Å². The number of hydrogen-bond acceptors (Lipinski definition) is 3. The fourth-order valence-corrected chi connectivity index (χ4v) is 1.18. The largest absolute Gasteiger partial charge is 0.384 e. The molecule has 0 unspecified atom stereocenters. The third kappa shape index (κ3) is 4.82. The lowest BCUT2D eigenvalue weighted by Gasteiger charge is -2.01. The second-order valence-corrected chi connectivity index (χ2v) is 3.41. The van der Waals surface area contributed by atoms with Gasteiger partial charge in [-0.15, -0.1) is 0 Å². The third-order valence-electron chi connectivity index (χ3n) is 1.00. The van der Waals surface area contributed by atoms with Crippen LogP contribution in [0.15, 0.2) is 0 Å². The topological polar surface area (TPSA) is 26.3 Å². The van der Waals surface area contributed by atoms with Crippen molar-refractivity contribution in [3.63, 3.8) is 0 Å². The minimum atomic E-state index is 0.141. The van der Waals surface area contributed by atoms with Crippen LogP contribution >= 0.6 is 11.8 Å². The van der Waals surface area contributed by atoms with Crippen LogP contribution in [0.4, 0.5) is 0 Å². The molecule has 0 saturated heterocycles. The Morgan fingerprint density at radius 1 is 1.60 bits per heavy atom. The smallest absolute Gasteiger partial charge is 0.191 e. The van der Waals surface area contributed by atoms with Crippen LogP contribution in [-0.4, -0.2) is 24.6 Å². The zero-order valence-electron chi connectivity index (χ0n) is 6.72. The van der Waals surface area contributed by atoms with Crippen LogP contribution in [0.3, 0.4) is 0 Å². The normalized spacial score (nSPS) is 10.4. The van der Waals surface area contributed by atoms with Crippen molar-refractivity contribution in [2.75, 3.05) is 19.5 Å². The molecule has 0 fully saturated rings. The van der Waals surface area contributed by atoms with Gasteiger partial charge in [-0.05, 0) is 0 Å². The summed E-state index contributed by atoms with van der Waals surface area (Å²) in [4.78, 5) is 10.9. The van der Waals surface area contributed by atoms with Crippen molar-refractivity contribution in [1.82, 2.24) is 0 Å². The Balaban J connectivity index is 3.22. The average Bonchev–Trinajstić information content (AvgIpc) is 1.88. The molecule has 0 saturated carbocycles. The van der Waals surface area contributed by atoms with Crippen molar-refractivity contribution >= 4 is 16.9 Å².